The van der Waals surface area contributed by atoms with Gasteiger partial charge in [-0.25, -0.2) is 4.98 Å². The topological polar surface area (TPSA) is 117 Å². The van der Waals surface area contributed by atoms with Crippen molar-refractivity contribution in [3.8, 4) is 0 Å². The third kappa shape index (κ3) is 4.43. The number of hydrogen-bond acceptors (Lipinski definition) is 9. The van der Waals surface area contributed by atoms with Gasteiger partial charge in [-0.2, -0.15) is 5.10 Å². The van der Waals surface area contributed by atoms with E-state index in [0.717, 1.165) is 27.2 Å². The molecule has 0 amide bonds. The maximum Gasteiger partial charge on any atom is 0.211 e. The SMILES string of the molecule is CN/C=C(\C(=N)c1cnn(C)c1)c1cnc2ccc(Nc3nnc(C(C)C)s3)nc2c1. The van der Waals surface area contributed by atoms with Gasteiger partial charge in [-0.05, 0) is 18.2 Å². The highest BCUT2D eigenvalue weighted by molar-refractivity contribution is 7.15. The van der Waals surface area contributed by atoms with Gasteiger partial charge in [0.1, 0.15) is 10.8 Å². The zero-order valence-electron chi connectivity index (χ0n) is 17.7. The summed E-state index contributed by atoms with van der Waals surface area (Å²) in [4.78, 5) is 9.23. The summed E-state index contributed by atoms with van der Waals surface area (Å²) < 4.78 is 1.68. The van der Waals surface area contributed by atoms with Gasteiger partial charge >= 0.3 is 0 Å². The van der Waals surface area contributed by atoms with Crippen LogP contribution in [-0.4, -0.2) is 42.7 Å². The van der Waals surface area contributed by atoms with Crippen LogP contribution in [0.15, 0.2) is 43.0 Å². The van der Waals surface area contributed by atoms with Crippen LogP contribution in [-0.2, 0) is 7.05 Å². The first-order valence-corrected chi connectivity index (χ1v) is 10.6. The summed E-state index contributed by atoms with van der Waals surface area (Å²) in [6, 6.07) is 5.71. The van der Waals surface area contributed by atoms with E-state index in [2.05, 4.69) is 44.8 Å². The van der Waals surface area contributed by atoms with E-state index in [4.69, 9.17) is 10.4 Å². The average Bonchev–Trinajstić information content (AvgIpc) is 3.40. The minimum Gasteiger partial charge on any atom is -0.393 e. The Labute approximate surface area is 183 Å². The van der Waals surface area contributed by atoms with Crippen molar-refractivity contribution >= 4 is 44.6 Å². The van der Waals surface area contributed by atoms with Gasteiger partial charge in [0, 0.05) is 55.3 Å². The largest absolute Gasteiger partial charge is 0.393 e. The van der Waals surface area contributed by atoms with Gasteiger partial charge in [-0.3, -0.25) is 15.1 Å². The van der Waals surface area contributed by atoms with Crippen molar-refractivity contribution < 1.29 is 0 Å². The predicted octanol–water partition coefficient (Wildman–Crippen LogP) is 3.71. The molecule has 0 aromatic carbocycles. The Morgan fingerprint density at radius 1 is 1.16 bits per heavy atom. The van der Waals surface area contributed by atoms with Crippen LogP contribution in [0, 0.1) is 5.41 Å². The molecule has 0 saturated carbocycles. The van der Waals surface area contributed by atoms with Crippen LogP contribution in [0.2, 0.25) is 0 Å². The molecule has 0 aliphatic carbocycles. The van der Waals surface area contributed by atoms with Gasteiger partial charge in [-0.1, -0.05) is 25.2 Å². The highest BCUT2D eigenvalue weighted by Gasteiger charge is 2.14. The first-order chi connectivity index (χ1) is 14.9. The van der Waals surface area contributed by atoms with Crippen molar-refractivity contribution in [2.45, 2.75) is 19.8 Å². The summed E-state index contributed by atoms with van der Waals surface area (Å²) in [7, 11) is 3.63. The first-order valence-electron chi connectivity index (χ1n) is 9.77. The standard InChI is InChI=1S/C21H23N9S/c1-12(2)20-28-29-21(31-20)27-18-6-5-16-17(26-18)7-13(8-24-16)15(10-23-3)19(22)14-9-25-30(4)11-14/h5-12,22-23H,1-4H3,(H,26,27,29)/b15-10-,22-19?. The summed E-state index contributed by atoms with van der Waals surface area (Å²) in [5, 5.41) is 29.1. The molecule has 4 aromatic heterocycles. The number of aryl methyl sites for hydroxylation is 1. The molecular weight excluding hydrogens is 410 g/mol. The van der Waals surface area contributed by atoms with Crippen LogP contribution >= 0.6 is 11.3 Å². The van der Waals surface area contributed by atoms with E-state index in [1.165, 1.54) is 11.3 Å². The summed E-state index contributed by atoms with van der Waals surface area (Å²) in [6.07, 6.45) is 7.03. The minimum absolute atomic E-state index is 0.330. The Kier molecular flexibility index (Phi) is 5.72. The second kappa shape index (κ2) is 8.60. The molecular formula is C21H23N9S. The summed E-state index contributed by atoms with van der Waals surface area (Å²) in [5.74, 6) is 0.997. The van der Waals surface area contributed by atoms with Gasteiger partial charge in [0.15, 0.2) is 0 Å². The van der Waals surface area contributed by atoms with Crippen LogP contribution in [0.5, 0.6) is 0 Å². The number of anilines is 2. The van der Waals surface area contributed by atoms with Crippen molar-refractivity contribution in [2.75, 3.05) is 12.4 Å². The number of allylic oxidation sites excluding steroid dienone is 1. The molecule has 9 nitrogen and oxygen atoms in total. The molecule has 0 saturated heterocycles. The Bertz CT molecular complexity index is 1270. The molecule has 0 fully saturated rings. The molecule has 4 heterocycles. The van der Waals surface area contributed by atoms with Crippen molar-refractivity contribution in [1.82, 2.24) is 35.3 Å². The van der Waals surface area contributed by atoms with E-state index >= 15 is 0 Å². The molecule has 4 aromatic rings. The summed E-state index contributed by atoms with van der Waals surface area (Å²) in [5.41, 5.74) is 4.06. The Hall–Kier alpha value is -3.66. The number of fused-ring (bicyclic) bond motifs is 1. The van der Waals surface area contributed by atoms with Gasteiger partial charge in [-0.15, -0.1) is 10.2 Å². The number of aromatic nitrogens is 6. The van der Waals surface area contributed by atoms with Crippen LogP contribution in [0.25, 0.3) is 16.6 Å². The number of pyridine rings is 2. The highest BCUT2D eigenvalue weighted by atomic mass is 32.1. The number of nitrogens with one attached hydrogen (secondary N) is 3. The molecule has 0 aliphatic heterocycles. The second-order valence-electron chi connectivity index (χ2n) is 7.31. The molecule has 0 aliphatic rings. The number of hydrogen-bond donors (Lipinski definition) is 3. The van der Waals surface area contributed by atoms with E-state index in [-0.39, 0.29) is 0 Å². The van der Waals surface area contributed by atoms with Crippen LogP contribution in [0.3, 0.4) is 0 Å². The van der Waals surface area contributed by atoms with Crippen molar-refractivity contribution in [3.63, 3.8) is 0 Å². The van der Waals surface area contributed by atoms with Crippen molar-refractivity contribution in [1.29, 1.82) is 5.41 Å². The fourth-order valence-electron chi connectivity index (χ4n) is 3.00. The lowest BCUT2D eigenvalue weighted by Crippen LogP contribution is -2.07. The molecule has 31 heavy (non-hydrogen) atoms. The molecule has 10 heteroatoms. The van der Waals surface area contributed by atoms with E-state index in [1.54, 1.807) is 30.3 Å². The average molecular weight is 434 g/mol. The first kappa shape index (κ1) is 20.6. The normalized spacial score (nSPS) is 11.8. The van der Waals surface area contributed by atoms with E-state index in [0.29, 0.717) is 28.2 Å². The van der Waals surface area contributed by atoms with Crippen LogP contribution in [0.4, 0.5) is 10.9 Å². The zero-order valence-corrected chi connectivity index (χ0v) is 18.5. The van der Waals surface area contributed by atoms with Gasteiger partial charge in [0.25, 0.3) is 0 Å². The smallest absolute Gasteiger partial charge is 0.211 e. The third-order valence-electron chi connectivity index (χ3n) is 4.57. The van der Waals surface area contributed by atoms with E-state index < -0.39 is 0 Å². The fraction of sp³-hybridized carbons (Fsp3) is 0.238. The Balaban J connectivity index is 1.66. The number of rotatable bonds is 7. The Morgan fingerprint density at radius 2 is 2.00 bits per heavy atom. The Morgan fingerprint density at radius 3 is 2.68 bits per heavy atom. The molecule has 0 bridgehead atoms. The lowest BCUT2D eigenvalue weighted by atomic mass is 9.99. The molecule has 3 N–H and O–H groups in total. The predicted molar refractivity (Wildman–Crippen MR) is 124 cm³/mol. The number of nitrogens with zero attached hydrogens (tertiary/aromatic N) is 6. The van der Waals surface area contributed by atoms with Crippen molar-refractivity contribution in [3.05, 3.63) is 59.1 Å². The van der Waals surface area contributed by atoms with Gasteiger partial charge in [0.2, 0.25) is 5.13 Å². The maximum atomic E-state index is 8.64. The fourth-order valence-corrected chi connectivity index (χ4v) is 3.75. The minimum atomic E-state index is 0.330. The molecule has 158 valence electrons. The molecule has 0 spiro atoms. The van der Waals surface area contributed by atoms with E-state index in [1.807, 2.05) is 31.4 Å². The maximum absolute atomic E-state index is 8.64. The quantitative estimate of drug-likeness (QED) is 0.380. The van der Waals surface area contributed by atoms with Gasteiger partial charge < -0.3 is 10.6 Å². The third-order valence-corrected chi connectivity index (χ3v) is 5.71. The highest BCUT2D eigenvalue weighted by Crippen LogP contribution is 2.26. The molecule has 4 rings (SSSR count). The molecule has 0 unspecified atom stereocenters. The monoisotopic (exact) mass is 433 g/mol. The van der Waals surface area contributed by atoms with Crippen LogP contribution in [0.1, 0.15) is 35.9 Å². The lowest BCUT2D eigenvalue weighted by molar-refractivity contribution is 0.767. The van der Waals surface area contributed by atoms with Crippen molar-refractivity contribution in [2.24, 2.45) is 7.05 Å². The molecule has 0 atom stereocenters. The van der Waals surface area contributed by atoms with Gasteiger partial charge in [0.05, 0.1) is 22.9 Å². The molecule has 0 radical (unpaired) electrons. The van der Waals surface area contributed by atoms with Crippen LogP contribution < -0.4 is 10.6 Å². The van der Waals surface area contributed by atoms with E-state index in [9.17, 15) is 0 Å². The lowest BCUT2D eigenvalue weighted by Gasteiger charge is -2.10. The zero-order chi connectivity index (χ0) is 22.0. The second-order valence-corrected chi connectivity index (χ2v) is 8.32. The summed E-state index contributed by atoms with van der Waals surface area (Å²) >= 11 is 1.52. The summed E-state index contributed by atoms with van der Waals surface area (Å²) in [6.45, 7) is 4.18.